The average Bonchev–Trinajstić information content (AvgIpc) is 3.22. The molecule has 0 unspecified atom stereocenters. The van der Waals surface area contributed by atoms with Crippen LogP contribution < -0.4 is 0 Å². The van der Waals surface area contributed by atoms with Crippen molar-refractivity contribution in [1.82, 2.24) is 29.7 Å². The summed E-state index contributed by atoms with van der Waals surface area (Å²) in [7, 11) is 1.93. The van der Waals surface area contributed by atoms with Crippen molar-refractivity contribution in [3.63, 3.8) is 0 Å². The molecule has 0 saturated carbocycles. The molecule has 0 aliphatic carbocycles. The molecule has 2 aliphatic rings. The number of carbonyl (C=O) groups excluding carboxylic acids is 1. The number of aromatic nitrogens is 5. The Bertz CT molecular complexity index is 817. The van der Waals surface area contributed by atoms with Crippen LogP contribution in [0.25, 0.3) is 5.57 Å². The normalized spacial score (nSPS) is 19.4. The van der Waals surface area contributed by atoms with Gasteiger partial charge in [0.15, 0.2) is 5.69 Å². The van der Waals surface area contributed by atoms with Gasteiger partial charge in [0.05, 0.1) is 31.6 Å². The summed E-state index contributed by atoms with van der Waals surface area (Å²) in [6, 6.07) is 2.00. The summed E-state index contributed by atoms with van der Waals surface area (Å²) in [5, 5.41) is 12.4. The van der Waals surface area contributed by atoms with E-state index in [-0.39, 0.29) is 11.3 Å². The molecule has 0 spiro atoms. The van der Waals surface area contributed by atoms with E-state index < -0.39 is 0 Å². The van der Waals surface area contributed by atoms with Crippen LogP contribution in [-0.4, -0.2) is 61.9 Å². The molecule has 1 fully saturated rings. The zero-order valence-corrected chi connectivity index (χ0v) is 14.6. The van der Waals surface area contributed by atoms with E-state index in [1.165, 1.54) is 5.57 Å². The van der Waals surface area contributed by atoms with Crippen LogP contribution in [-0.2, 0) is 18.3 Å². The maximum Gasteiger partial charge on any atom is 0.276 e. The molecule has 1 amide bonds. The van der Waals surface area contributed by atoms with E-state index in [0.29, 0.717) is 18.8 Å². The van der Waals surface area contributed by atoms with Gasteiger partial charge in [0, 0.05) is 31.7 Å². The largest absolute Gasteiger partial charge is 0.380 e. The second kappa shape index (κ2) is 6.11. The van der Waals surface area contributed by atoms with Gasteiger partial charge in [-0.25, -0.2) is 0 Å². The minimum atomic E-state index is -0.0680. The van der Waals surface area contributed by atoms with Crippen molar-refractivity contribution in [2.75, 3.05) is 26.3 Å². The van der Waals surface area contributed by atoms with Crippen molar-refractivity contribution in [1.29, 1.82) is 0 Å². The van der Waals surface area contributed by atoms with Crippen molar-refractivity contribution < 1.29 is 9.53 Å². The first-order valence-corrected chi connectivity index (χ1v) is 8.49. The summed E-state index contributed by atoms with van der Waals surface area (Å²) >= 11 is 0. The average molecular weight is 342 g/mol. The van der Waals surface area contributed by atoms with Gasteiger partial charge in [-0.2, -0.15) is 5.10 Å². The molecular weight excluding hydrogens is 320 g/mol. The Kier molecular flexibility index (Phi) is 3.91. The van der Waals surface area contributed by atoms with Crippen molar-refractivity contribution in [3.05, 3.63) is 35.9 Å². The number of hydrogen-bond donors (Lipinski definition) is 0. The van der Waals surface area contributed by atoms with Gasteiger partial charge in [-0.15, -0.1) is 5.10 Å². The molecule has 25 heavy (non-hydrogen) atoms. The highest BCUT2D eigenvalue weighted by atomic mass is 16.5. The first kappa shape index (κ1) is 16.0. The van der Waals surface area contributed by atoms with Crippen LogP contribution in [0, 0.1) is 5.41 Å². The van der Waals surface area contributed by atoms with Crippen LogP contribution in [0.4, 0.5) is 0 Å². The Morgan fingerprint density at radius 2 is 2.24 bits per heavy atom. The molecule has 0 aromatic carbocycles. The van der Waals surface area contributed by atoms with E-state index in [1.807, 2.05) is 22.7 Å². The predicted molar refractivity (Wildman–Crippen MR) is 90.7 cm³/mol. The molecule has 2 aromatic heterocycles. The molecule has 2 aromatic rings. The molecule has 0 bridgehead atoms. The fraction of sp³-hybridized carbons (Fsp3) is 0.529. The maximum absolute atomic E-state index is 12.7. The monoisotopic (exact) mass is 342 g/mol. The van der Waals surface area contributed by atoms with Gasteiger partial charge in [0.25, 0.3) is 5.91 Å². The van der Waals surface area contributed by atoms with E-state index >= 15 is 0 Å². The number of rotatable bonds is 4. The first-order valence-electron chi connectivity index (χ1n) is 8.49. The third-order valence-electron chi connectivity index (χ3n) is 4.85. The SMILES string of the molecule is Cn1nccc1C1=CCN(C(=O)c2cn(CC3(C)COC3)nn2)CC1. The van der Waals surface area contributed by atoms with Gasteiger partial charge in [-0.3, -0.25) is 14.2 Å². The zero-order chi connectivity index (χ0) is 17.4. The fourth-order valence-electron chi connectivity index (χ4n) is 3.34. The predicted octanol–water partition coefficient (Wildman–Crippen LogP) is 0.978. The lowest BCUT2D eigenvalue weighted by Crippen LogP contribution is -2.43. The molecule has 1 saturated heterocycles. The smallest absolute Gasteiger partial charge is 0.276 e. The van der Waals surface area contributed by atoms with E-state index in [4.69, 9.17) is 4.74 Å². The molecule has 0 N–H and O–H groups in total. The lowest BCUT2D eigenvalue weighted by atomic mass is 9.89. The Morgan fingerprint density at radius 1 is 1.40 bits per heavy atom. The zero-order valence-electron chi connectivity index (χ0n) is 14.6. The number of nitrogens with zero attached hydrogens (tertiary/aromatic N) is 6. The highest BCUT2D eigenvalue weighted by Gasteiger charge is 2.34. The van der Waals surface area contributed by atoms with Crippen LogP contribution in [0.1, 0.15) is 29.5 Å². The second-order valence-corrected chi connectivity index (χ2v) is 7.18. The van der Waals surface area contributed by atoms with Crippen molar-refractivity contribution in [2.45, 2.75) is 19.9 Å². The second-order valence-electron chi connectivity index (χ2n) is 7.18. The molecule has 0 atom stereocenters. The Balaban J connectivity index is 1.41. The molecule has 4 rings (SSSR count). The van der Waals surface area contributed by atoms with Gasteiger partial charge in [0.2, 0.25) is 0 Å². The summed E-state index contributed by atoms with van der Waals surface area (Å²) in [5.74, 6) is -0.0680. The molecule has 2 aliphatic heterocycles. The van der Waals surface area contributed by atoms with Crippen LogP contribution in [0.3, 0.4) is 0 Å². The lowest BCUT2D eigenvalue weighted by molar-refractivity contribution is -0.111. The number of ether oxygens (including phenoxy) is 1. The van der Waals surface area contributed by atoms with Gasteiger partial charge < -0.3 is 9.64 Å². The molecule has 0 radical (unpaired) electrons. The topological polar surface area (TPSA) is 78.1 Å². The van der Waals surface area contributed by atoms with Crippen LogP contribution in [0.15, 0.2) is 24.5 Å². The summed E-state index contributed by atoms with van der Waals surface area (Å²) < 4.78 is 8.87. The minimum Gasteiger partial charge on any atom is -0.380 e. The maximum atomic E-state index is 12.7. The quantitative estimate of drug-likeness (QED) is 0.828. The Morgan fingerprint density at radius 3 is 2.84 bits per heavy atom. The highest BCUT2D eigenvalue weighted by Crippen LogP contribution is 2.28. The summed E-state index contributed by atoms with van der Waals surface area (Å²) in [6.07, 6.45) is 6.44. The number of amides is 1. The number of aryl methyl sites for hydroxylation is 1. The molecule has 8 heteroatoms. The number of carbonyl (C=O) groups is 1. The first-order chi connectivity index (χ1) is 12.0. The van der Waals surface area contributed by atoms with Crippen LogP contribution >= 0.6 is 0 Å². The van der Waals surface area contributed by atoms with Gasteiger partial charge in [0.1, 0.15) is 0 Å². The van der Waals surface area contributed by atoms with Crippen molar-refractivity contribution in [3.8, 4) is 0 Å². The molecular formula is C17H22N6O2. The van der Waals surface area contributed by atoms with Gasteiger partial charge >= 0.3 is 0 Å². The molecule has 4 heterocycles. The van der Waals surface area contributed by atoms with Crippen LogP contribution in [0.5, 0.6) is 0 Å². The summed E-state index contributed by atoms with van der Waals surface area (Å²) in [4.78, 5) is 14.5. The van der Waals surface area contributed by atoms with Crippen molar-refractivity contribution >= 4 is 11.5 Å². The third-order valence-corrected chi connectivity index (χ3v) is 4.85. The Hall–Kier alpha value is -2.48. The van der Waals surface area contributed by atoms with E-state index in [2.05, 4.69) is 28.4 Å². The van der Waals surface area contributed by atoms with Gasteiger partial charge in [-0.05, 0) is 18.1 Å². The Labute approximate surface area is 146 Å². The van der Waals surface area contributed by atoms with Crippen molar-refractivity contribution in [2.24, 2.45) is 12.5 Å². The third kappa shape index (κ3) is 3.09. The lowest BCUT2D eigenvalue weighted by Gasteiger charge is -2.37. The van der Waals surface area contributed by atoms with E-state index in [1.54, 1.807) is 17.1 Å². The minimum absolute atomic E-state index is 0.0680. The standard InChI is InChI=1S/C17H22N6O2/c1-17(11-25-12-17)10-23-9-14(19-20-23)16(24)22-7-4-13(5-8-22)15-3-6-18-21(15)2/h3-4,6,9H,5,7-8,10-12H2,1-2H3. The van der Waals surface area contributed by atoms with E-state index in [9.17, 15) is 4.79 Å². The fourth-order valence-corrected chi connectivity index (χ4v) is 3.34. The summed E-state index contributed by atoms with van der Waals surface area (Å²) in [5.41, 5.74) is 2.83. The van der Waals surface area contributed by atoms with E-state index in [0.717, 1.165) is 31.9 Å². The summed E-state index contributed by atoms with van der Waals surface area (Å²) in [6.45, 7) is 5.58. The number of hydrogen-bond acceptors (Lipinski definition) is 5. The van der Waals surface area contributed by atoms with Gasteiger partial charge in [-0.1, -0.05) is 18.2 Å². The van der Waals surface area contributed by atoms with Crippen LogP contribution in [0.2, 0.25) is 0 Å². The molecule has 132 valence electrons. The highest BCUT2D eigenvalue weighted by molar-refractivity contribution is 5.92. The molecule has 8 nitrogen and oxygen atoms in total.